The van der Waals surface area contributed by atoms with E-state index in [0.29, 0.717) is 11.6 Å². The zero-order chi connectivity index (χ0) is 24.1. The lowest BCUT2D eigenvalue weighted by molar-refractivity contribution is -0.141. The number of hydrogen-bond acceptors (Lipinski definition) is 4. The lowest BCUT2D eigenvalue weighted by atomic mass is 9.95. The number of nitrogens with zero attached hydrogens (tertiary/aromatic N) is 3. The minimum atomic E-state index is -4.38. The molecule has 0 saturated carbocycles. The van der Waals surface area contributed by atoms with E-state index in [0.717, 1.165) is 29.2 Å². The highest BCUT2D eigenvalue weighted by atomic mass is 19.4. The number of hydrogen-bond donors (Lipinski definition) is 1. The van der Waals surface area contributed by atoms with Gasteiger partial charge in [-0.15, -0.1) is 0 Å². The normalized spacial score (nSPS) is 11.3. The third-order valence-electron chi connectivity index (χ3n) is 4.82. The van der Waals surface area contributed by atoms with Gasteiger partial charge in [0.1, 0.15) is 12.0 Å². The van der Waals surface area contributed by atoms with Gasteiger partial charge < -0.3 is 5.11 Å². The molecule has 3 rings (SSSR count). The molecule has 1 aromatic carbocycles. The molecule has 5 nitrogen and oxygen atoms in total. The standard InChI is InChI=1S/C16H17NO2.C8H9F3N2/c1-10(2)14-7-8-17-15(11(14)3)12-5-4-6-13(9-12)16(18)19;1-5(2)6-3-7(8(9,10)11)13-4-12-6/h4-10H,1-3H3,(H,18,19);3-5H,1-2H3. The number of carbonyl (C=O) groups is 1. The van der Waals surface area contributed by atoms with Gasteiger partial charge in [-0.25, -0.2) is 14.8 Å². The van der Waals surface area contributed by atoms with Crippen molar-refractivity contribution in [3.8, 4) is 11.3 Å². The molecule has 0 radical (unpaired) electrons. The van der Waals surface area contributed by atoms with Gasteiger partial charge in [0, 0.05) is 17.5 Å². The maximum absolute atomic E-state index is 12.1. The lowest BCUT2D eigenvalue weighted by Crippen LogP contribution is -2.09. The molecule has 0 aliphatic rings. The molecule has 0 bridgehead atoms. The summed E-state index contributed by atoms with van der Waals surface area (Å²) < 4.78 is 36.4. The highest BCUT2D eigenvalue weighted by molar-refractivity contribution is 5.89. The van der Waals surface area contributed by atoms with Crippen LogP contribution < -0.4 is 0 Å². The van der Waals surface area contributed by atoms with Crippen LogP contribution in [0.2, 0.25) is 0 Å². The van der Waals surface area contributed by atoms with Crippen molar-refractivity contribution in [3.63, 3.8) is 0 Å². The van der Waals surface area contributed by atoms with Gasteiger partial charge in [0.25, 0.3) is 0 Å². The summed E-state index contributed by atoms with van der Waals surface area (Å²) >= 11 is 0. The summed E-state index contributed by atoms with van der Waals surface area (Å²) in [5, 5.41) is 9.05. The molecule has 0 fully saturated rings. The summed E-state index contributed by atoms with van der Waals surface area (Å²) in [5.74, 6) is -0.520. The zero-order valence-corrected chi connectivity index (χ0v) is 18.6. The molecule has 0 atom stereocenters. The van der Waals surface area contributed by atoms with Crippen molar-refractivity contribution in [2.75, 3.05) is 0 Å². The molecule has 0 amide bonds. The number of halogens is 3. The van der Waals surface area contributed by atoms with Crippen molar-refractivity contribution in [2.45, 2.75) is 52.6 Å². The van der Waals surface area contributed by atoms with Gasteiger partial charge in [-0.3, -0.25) is 4.98 Å². The molecule has 32 heavy (non-hydrogen) atoms. The molecule has 2 heterocycles. The number of aromatic carboxylic acids is 1. The average molecular weight is 445 g/mol. The van der Waals surface area contributed by atoms with Crippen molar-refractivity contribution in [1.82, 2.24) is 15.0 Å². The maximum Gasteiger partial charge on any atom is 0.433 e. The van der Waals surface area contributed by atoms with Crippen LogP contribution in [-0.4, -0.2) is 26.0 Å². The Bertz CT molecular complexity index is 1080. The highest BCUT2D eigenvalue weighted by Gasteiger charge is 2.32. The van der Waals surface area contributed by atoms with E-state index >= 15 is 0 Å². The first-order chi connectivity index (χ1) is 14.9. The monoisotopic (exact) mass is 445 g/mol. The second kappa shape index (κ2) is 10.3. The molecular formula is C24H26F3N3O2. The third kappa shape index (κ3) is 6.35. The van der Waals surface area contributed by atoms with E-state index in [2.05, 4.69) is 28.8 Å². The summed E-state index contributed by atoms with van der Waals surface area (Å²) in [6, 6.07) is 9.90. The van der Waals surface area contributed by atoms with Gasteiger partial charge in [-0.1, -0.05) is 39.8 Å². The molecule has 0 aliphatic heterocycles. The Kier molecular flexibility index (Phi) is 8.08. The largest absolute Gasteiger partial charge is 0.478 e. The van der Waals surface area contributed by atoms with Crippen LogP contribution >= 0.6 is 0 Å². The molecule has 1 N–H and O–H groups in total. The first-order valence-electron chi connectivity index (χ1n) is 10.1. The van der Waals surface area contributed by atoms with Crippen molar-refractivity contribution < 1.29 is 23.1 Å². The second-order valence-corrected chi connectivity index (χ2v) is 7.90. The van der Waals surface area contributed by atoms with Crippen molar-refractivity contribution in [2.24, 2.45) is 0 Å². The minimum Gasteiger partial charge on any atom is -0.478 e. The minimum absolute atomic E-state index is 0.0240. The number of carboxylic acid groups (broad SMARTS) is 1. The molecule has 0 aliphatic carbocycles. The van der Waals surface area contributed by atoms with Crippen LogP contribution in [0.25, 0.3) is 11.3 Å². The van der Waals surface area contributed by atoms with Gasteiger partial charge in [0.05, 0.1) is 11.3 Å². The SMILES string of the molecule is CC(C)c1cc(C(F)(F)F)ncn1.Cc1c(C(C)C)ccnc1-c1cccc(C(=O)O)c1. The summed E-state index contributed by atoms with van der Waals surface area (Å²) in [4.78, 5) is 22.3. The predicted octanol–water partition coefficient (Wildman–Crippen LogP) is 6.50. The fourth-order valence-electron chi connectivity index (χ4n) is 3.11. The smallest absolute Gasteiger partial charge is 0.433 e. The Balaban J connectivity index is 0.000000244. The second-order valence-electron chi connectivity index (χ2n) is 7.90. The molecule has 0 unspecified atom stereocenters. The van der Waals surface area contributed by atoms with Gasteiger partial charge in [0.15, 0.2) is 0 Å². The van der Waals surface area contributed by atoms with Gasteiger partial charge in [0.2, 0.25) is 0 Å². The first-order valence-corrected chi connectivity index (χ1v) is 10.1. The number of carboxylic acids is 1. The van der Waals surface area contributed by atoms with E-state index < -0.39 is 17.8 Å². The van der Waals surface area contributed by atoms with Crippen LogP contribution in [0, 0.1) is 6.92 Å². The number of benzene rings is 1. The molecule has 170 valence electrons. The number of aromatic nitrogens is 3. The van der Waals surface area contributed by atoms with Crippen molar-refractivity contribution in [3.05, 3.63) is 77.0 Å². The number of pyridine rings is 1. The molecule has 3 aromatic rings. The Labute approximate surface area is 185 Å². The summed E-state index contributed by atoms with van der Waals surface area (Å²) in [5.41, 5.74) is 3.86. The summed E-state index contributed by atoms with van der Waals surface area (Å²) in [6.45, 7) is 9.87. The molecule has 0 saturated heterocycles. The maximum atomic E-state index is 12.1. The van der Waals surface area contributed by atoms with Crippen LogP contribution in [0.3, 0.4) is 0 Å². The summed E-state index contributed by atoms with van der Waals surface area (Å²) in [7, 11) is 0. The third-order valence-corrected chi connectivity index (χ3v) is 4.82. The molecule has 2 aromatic heterocycles. The van der Waals surface area contributed by atoms with Crippen LogP contribution in [0.4, 0.5) is 13.2 Å². The number of alkyl halides is 3. The Morgan fingerprint density at radius 2 is 1.66 bits per heavy atom. The van der Waals surface area contributed by atoms with Crippen LogP contribution in [0.15, 0.2) is 48.9 Å². The molecular weight excluding hydrogens is 419 g/mol. The van der Waals surface area contributed by atoms with Gasteiger partial charge in [-0.2, -0.15) is 13.2 Å². The van der Waals surface area contributed by atoms with Crippen molar-refractivity contribution >= 4 is 5.97 Å². The zero-order valence-electron chi connectivity index (χ0n) is 18.6. The topological polar surface area (TPSA) is 76.0 Å². The van der Waals surface area contributed by atoms with Crippen molar-refractivity contribution in [1.29, 1.82) is 0 Å². The predicted molar refractivity (Wildman–Crippen MR) is 117 cm³/mol. The van der Waals surface area contributed by atoms with E-state index in [1.165, 1.54) is 5.56 Å². The van der Waals surface area contributed by atoms with Crippen LogP contribution in [0.1, 0.15) is 72.4 Å². The Morgan fingerprint density at radius 1 is 0.969 bits per heavy atom. The molecule has 0 spiro atoms. The van der Waals surface area contributed by atoms with Gasteiger partial charge >= 0.3 is 12.1 Å². The van der Waals surface area contributed by atoms with Gasteiger partial charge in [-0.05, 0) is 54.2 Å². The van der Waals surface area contributed by atoms with E-state index in [9.17, 15) is 18.0 Å². The van der Waals surface area contributed by atoms with E-state index in [-0.39, 0.29) is 11.5 Å². The van der Waals surface area contributed by atoms with Crippen LogP contribution in [-0.2, 0) is 6.18 Å². The average Bonchev–Trinajstić information content (AvgIpc) is 2.73. The quantitative estimate of drug-likeness (QED) is 0.496. The Morgan fingerprint density at radius 3 is 2.22 bits per heavy atom. The lowest BCUT2D eigenvalue weighted by Gasteiger charge is -2.13. The highest BCUT2D eigenvalue weighted by Crippen LogP contribution is 2.29. The van der Waals surface area contributed by atoms with E-state index in [1.807, 2.05) is 19.1 Å². The Hall–Kier alpha value is -3.29. The van der Waals surface area contributed by atoms with E-state index in [1.54, 1.807) is 38.2 Å². The fourth-order valence-corrected chi connectivity index (χ4v) is 3.11. The first kappa shape index (κ1) is 25.0. The number of rotatable bonds is 4. The van der Waals surface area contributed by atoms with E-state index in [4.69, 9.17) is 5.11 Å². The molecule has 8 heteroatoms. The summed E-state index contributed by atoms with van der Waals surface area (Å²) in [6.07, 6.45) is -1.66. The fraction of sp³-hybridized carbons (Fsp3) is 0.333. The van der Waals surface area contributed by atoms with Crippen LogP contribution in [0.5, 0.6) is 0 Å².